The molecule has 3 aromatic heterocycles. The van der Waals surface area contributed by atoms with Gasteiger partial charge in [0.15, 0.2) is 17.5 Å². The van der Waals surface area contributed by atoms with Crippen LogP contribution in [0.15, 0.2) is 176 Å². The lowest BCUT2D eigenvalue weighted by atomic mass is 9.96. The summed E-state index contributed by atoms with van der Waals surface area (Å²) in [5.41, 5.74) is 7.61. The maximum Gasteiger partial charge on any atom is 0.164 e. The Morgan fingerprint density at radius 1 is 0.315 bits per heavy atom. The molecule has 0 aliphatic heterocycles. The summed E-state index contributed by atoms with van der Waals surface area (Å²) in [4.78, 5) is 15.7. The van der Waals surface area contributed by atoms with Gasteiger partial charge < -0.3 is 0 Å². The van der Waals surface area contributed by atoms with Gasteiger partial charge in [0.25, 0.3) is 0 Å². The molecule has 54 heavy (non-hydrogen) atoms. The van der Waals surface area contributed by atoms with Crippen molar-refractivity contribution in [3.63, 3.8) is 0 Å². The summed E-state index contributed by atoms with van der Waals surface area (Å²) in [6, 6.07) is 62.5. The lowest BCUT2D eigenvalue weighted by molar-refractivity contribution is 1.08. The second-order valence-electron chi connectivity index (χ2n) is 13.6. The van der Waals surface area contributed by atoms with Crippen LogP contribution in [0.2, 0.25) is 0 Å². The van der Waals surface area contributed by atoms with Crippen LogP contribution in [0.4, 0.5) is 0 Å². The number of aromatic nitrogens is 3. The first-order chi connectivity index (χ1) is 26.7. The van der Waals surface area contributed by atoms with Crippen molar-refractivity contribution >= 4 is 73.8 Å². The molecule has 8 aromatic carbocycles. The molecular formula is C49H29N3S2. The molecule has 11 aromatic rings. The van der Waals surface area contributed by atoms with Gasteiger partial charge in [0.1, 0.15) is 0 Å². The zero-order valence-electron chi connectivity index (χ0n) is 28.9. The Balaban J connectivity index is 1.14. The molecular weight excluding hydrogens is 695 g/mol. The van der Waals surface area contributed by atoms with E-state index in [1.807, 2.05) is 40.9 Å². The quantitative estimate of drug-likeness (QED) is 0.177. The highest BCUT2D eigenvalue weighted by atomic mass is 32.1. The molecule has 0 saturated carbocycles. The monoisotopic (exact) mass is 723 g/mol. The van der Waals surface area contributed by atoms with Crippen LogP contribution in [-0.4, -0.2) is 15.0 Å². The van der Waals surface area contributed by atoms with Gasteiger partial charge in [-0.15, -0.1) is 22.7 Å². The van der Waals surface area contributed by atoms with Gasteiger partial charge in [0.05, 0.1) is 0 Å². The van der Waals surface area contributed by atoms with Crippen LogP contribution in [0.1, 0.15) is 0 Å². The predicted molar refractivity (Wildman–Crippen MR) is 230 cm³/mol. The summed E-state index contributed by atoms with van der Waals surface area (Å²) < 4.78 is 5.04. The number of rotatable bonds is 5. The van der Waals surface area contributed by atoms with Crippen molar-refractivity contribution in [2.24, 2.45) is 0 Å². The average molecular weight is 724 g/mol. The number of hydrogen-bond donors (Lipinski definition) is 0. The van der Waals surface area contributed by atoms with E-state index in [2.05, 4.69) is 158 Å². The molecule has 0 aliphatic rings. The third kappa shape index (κ3) is 5.12. The Hall–Kier alpha value is -6.53. The zero-order valence-corrected chi connectivity index (χ0v) is 30.5. The average Bonchev–Trinajstić information content (AvgIpc) is 3.82. The molecule has 0 unspecified atom stereocenters. The molecule has 252 valence electrons. The fourth-order valence-electron chi connectivity index (χ4n) is 7.71. The van der Waals surface area contributed by atoms with Gasteiger partial charge >= 0.3 is 0 Å². The molecule has 0 N–H and O–H groups in total. The van der Waals surface area contributed by atoms with Crippen molar-refractivity contribution in [2.75, 3.05) is 0 Å². The number of nitrogens with zero attached hydrogens (tertiary/aromatic N) is 3. The highest BCUT2D eigenvalue weighted by Gasteiger charge is 2.21. The third-order valence-electron chi connectivity index (χ3n) is 10.3. The van der Waals surface area contributed by atoms with Crippen LogP contribution in [0.5, 0.6) is 0 Å². The van der Waals surface area contributed by atoms with E-state index in [9.17, 15) is 0 Å². The minimum Gasteiger partial charge on any atom is -0.208 e. The minimum absolute atomic E-state index is 0.653. The lowest BCUT2D eigenvalue weighted by Gasteiger charge is -2.13. The smallest absolute Gasteiger partial charge is 0.164 e. The van der Waals surface area contributed by atoms with Crippen LogP contribution in [0.25, 0.3) is 108 Å². The van der Waals surface area contributed by atoms with E-state index in [-0.39, 0.29) is 0 Å². The fourth-order valence-corrected chi connectivity index (χ4v) is 10.2. The normalized spacial score (nSPS) is 11.7. The molecule has 0 radical (unpaired) electrons. The molecule has 11 rings (SSSR count). The van der Waals surface area contributed by atoms with E-state index >= 15 is 0 Å². The van der Waals surface area contributed by atoms with Crippen molar-refractivity contribution in [1.29, 1.82) is 0 Å². The van der Waals surface area contributed by atoms with Gasteiger partial charge in [-0.3, -0.25) is 0 Å². The van der Waals surface area contributed by atoms with Gasteiger partial charge in [-0.2, -0.15) is 0 Å². The van der Waals surface area contributed by atoms with Gasteiger partial charge in [-0.1, -0.05) is 146 Å². The minimum atomic E-state index is 0.653. The standard InChI is InChI=1S/C49H29N3S2/c1-4-12-30(13-5-1)34-21-23-37-38-25-26-40(44(32-15-6-2-7-16-32)46(38)54-43(37)29-34)49-51-47(33-17-8-3-9-18-33)50-48(52-49)35-22-27-42-41(28-35)39-24-20-31-14-10-11-19-36(31)45(39)53-42/h1-29H. The van der Waals surface area contributed by atoms with Crippen LogP contribution in [0.3, 0.4) is 0 Å². The van der Waals surface area contributed by atoms with Crippen LogP contribution >= 0.6 is 22.7 Å². The molecule has 3 heterocycles. The maximum atomic E-state index is 5.31. The van der Waals surface area contributed by atoms with E-state index in [0.29, 0.717) is 17.5 Å². The van der Waals surface area contributed by atoms with Crippen molar-refractivity contribution in [3.8, 4) is 56.4 Å². The highest BCUT2D eigenvalue weighted by molar-refractivity contribution is 7.27. The van der Waals surface area contributed by atoms with E-state index in [4.69, 9.17) is 15.0 Å². The largest absolute Gasteiger partial charge is 0.208 e. The third-order valence-corrected chi connectivity index (χ3v) is 12.7. The fraction of sp³-hybridized carbons (Fsp3) is 0. The van der Waals surface area contributed by atoms with Gasteiger partial charge in [0, 0.05) is 62.6 Å². The van der Waals surface area contributed by atoms with E-state index in [1.54, 1.807) is 0 Å². The highest BCUT2D eigenvalue weighted by Crippen LogP contribution is 2.46. The van der Waals surface area contributed by atoms with Crippen molar-refractivity contribution in [1.82, 2.24) is 15.0 Å². The Labute approximate surface area is 319 Å². The summed E-state index contributed by atoms with van der Waals surface area (Å²) in [6.07, 6.45) is 0. The van der Waals surface area contributed by atoms with E-state index in [0.717, 1.165) is 27.8 Å². The van der Waals surface area contributed by atoms with Gasteiger partial charge in [0.2, 0.25) is 0 Å². The van der Waals surface area contributed by atoms with Crippen LogP contribution in [0, 0.1) is 0 Å². The predicted octanol–water partition coefficient (Wildman–Crippen LogP) is 14.1. The van der Waals surface area contributed by atoms with E-state index in [1.165, 1.54) is 62.2 Å². The second kappa shape index (κ2) is 12.6. The van der Waals surface area contributed by atoms with Gasteiger partial charge in [-0.05, 0) is 57.8 Å². The Kier molecular flexibility index (Phi) is 7.22. The molecule has 0 aliphatic carbocycles. The topological polar surface area (TPSA) is 38.7 Å². The number of fused-ring (bicyclic) bond motifs is 8. The van der Waals surface area contributed by atoms with Crippen LogP contribution in [-0.2, 0) is 0 Å². The first-order valence-electron chi connectivity index (χ1n) is 18.0. The molecule has 0 atom stereocenters. The summed E-state index contributed by atoms with van der Waals surface area (Å²) >= 11 is 3.68. The van der Waals surface area contributed by atoms with Crippen molar-refractivity contribution < 1.29 is 0 Å². The Bertz CT molecular complexity index is 3200. The Morgan fingerprint density at radius 2 is 0.907 bits per heavy atom. The Morgan fingerprint density at radius 3 is 1.70 bits per heavy atom. The molecule has 0 amide bonds. The summed E-state index contributed by atoms with van der Waals surface area (Å²) in [7, 11) is 0. The zero-order chi connectivity index (χ0) is 35.6. The molecule has 0 bridgehead atoms. The van der Waals surface area contributed by atoms with Crippen molar-refractivity contribution in [3.05, 3.63) is 176 Å². The molecule has 0 fully saturated rings. The maximum absolute atomic E-state index is 5.31. The number of benzene rings is 8. The molecule has 3 nitrogen and oxygen atoms in total. The first-order valence-corrected chi connectivity index (χ1v) is 19.6. The number of hydrogen-bond acceptors (Lipinski definition) is 5. The molecule has 0 spiro atoms. The van der Waals surface area contributed by atoms with E-state index < -0.39 is 0 Å². The second-order valence-corrected chi connectivity index (χ2v) is 15.7. The molecule has 5 heteroatoms. The lowest BCUT2D eigenvalue weighted by Crippen LogP contribution is -2.01. The number of thiophene rings is 2. The van der Waals surface area contributed by atoms with Gasteiger partial charge in [-0.25, -0.2) is 15.0 Å². The summed E-state index contributed by atoms with van der Waals surface area (Å²) in [6.45, 7) is 0. The summed E-state index contributed by atoms with van der Waals surface area (Å²) in [5, 5.41) is 7.50. The SMILES string of the molecule is c1ccc(-c2ccc3c(c2)sc2c(-c4ccccc4)c(-c4nc(-c5ccccc5)nc(-c5ccc6sc7c8ccccc8ccc7c6c5)n4)ccc23)cc1. The first kappa shape index (κ1) is 31.0. The summed E-state index contributed by atoms with van der Waals surface area (Å²) in [5.74, 6) is 1.96. The van der Waals surface area contributed by atoms with Crippen LogP contribution < -0.4 is 0 Å². The molecule has 0 saturated heterocycles. The van der Waals surface area contributed by atoms with Crippen molar-refractivity contribution in [2.45, 2.75) is 0 Å².